The molecule has 2 rings (SSSR count). The number of hydrogen-bond acceptors (Lipinski definition) is 3. The maximum absolute atomic E-state index is 5.97. The Labute approximate surface area is 109 Å². The van der Waals surface area contributed by atoms with Gasteiger partial charge in [-0.25, -0.2) is 0 Å². The van der Waals surface area contributed by atoms with Crippen molar-refractivity contribution in [3.05, 3.63) is 52.4 Å². The van der Waals surface area contributed by atoms with E-state index in [4.69, 9.17) is 10.2 Å². The number of rotatable bonds is 4. The van der Waals surface area contributed by atoms with Crippen molar-refractivity contribution < 1.29 is 4.42 Å². The number of nitrogens with two attached hydrogens (primary N) is 1. The second-order valence-corrected chi connectivity index (χ2v) is 4.97. The Morgan fingerprint density at radius 3 is 2.76 bits per heavy atom. The zero-order valence-electron chi connectivity index (χ0n) is 9.69. The quantitative estimate of drug-likeness (QED) is 0.880. The Morgan fingerprint density at radius 2 is 2.12 bits per heavy atom. The van der Waals surface area contributed by atoms with E-state index in [1.54, 1.807) is 12.5 Å². The normalized spacial score (nSPS) is 11.0. The van der Waals surface area contributed by atoms with Crippen LogP contribution in [0.2, 0.25) is 0 Å². The van der Waals surface area contributed by atoms with Gasteiger partial charge in [0, 0.05) is 34.4 Å². The van der Waals surface area contributed by atoms with Crippen LogP contribution in [0.4, 0.5) is 5.69 Å². The van der Waals surface area contributed by atoms with E-state index >= 15 is 0 Å². The largest absolute Gasteiger partial charge is 0.472 e. The maximum atomic E-state index is 5.97. The summed E-state index contributed by atoms with van der Waals surface area (Å²) in [5, 5.41) is 0. The molecule has 1 aromatic heterocycles. The van der Waals surface area contributed by atoms with E-state index in [0.29, 0.717) is 0 Å². The van der Waals surface area contributed by atoms with E-state index in [1.165, 1.54) is 0 Å². The molecule has 1 heterocycles. The van der Waals surface area contributed by atoms with Gasteiger partial charge in [0.1, 0.15) is 0 Å². The average molecular weight is 295 g/mol. The molecule has 0 saturated heterocycles. The lowest BCUT2D eigenvalue weighted by atomic mass is 10.1. The maximum Gasteiger partial charge on any atom is 0.0947 e. The molecular weight excluding hydrogens is 280 g/mol. The molecule has 0 saturated carbocycles. The summed E-state index contributed by atoms with van der Waals surface area (Å²) >= 11 is 3.53. The minimum absolute atomic E-state index is 0.804. The highest BCUT2D eigenvalue weighted by molar-refractivity contribution is 9.10. The molecule has 0 radical (unpaired) electrons. The fourth-order valence-electron chi connectivity index (χ4n) is 1.76. The van der Waals surface area contributed by atoms with Gasteiger partial charge in [-0.3, -0.25) is 4.90 Å². The third kappa shape index (κ3) is 3.11. The van der Waals surface area contributed by atoms with Gasteiger partial charge in [0.05, 0.1) is 12.5 Å². The van der Waals surface area contributed by atoms with E-state index < -0.39 is 0 Å². The van der Waals surface area contributed by atoms with Gasteiger partial charge in [0.2, 0.25) is 0 Å². The van der Waals surface area contributed by atoms with Gasteiger partial charge in [-0.05, 0) is 25.2 Å². The zero-order chi connectivity index (χ0) is 12.3. The van der Waals surface area contributed by atoms with E-state index in [-0.39, 0.29) is 0 Å². The standard InChI is InChI=1S/C13H15BrN2O/c1-16(7-10-5-6-17-9-10)8-11-12(14)3-2-4-13(11)15/h2-6,9H,7-8,15H2,1H3. The molecule has 17 heavy (non-hydrogen) atoms. The summed E-state index contributed by atoms with van der Waals surface area (Å²) in [7, 11) is 2.06. The lowest BCUT2D eigenvalue weighted by molar-refractivity contribution is 0.318. The van der Waals surface area contributed by atoms with Crippen molar-refractivity contribution in [2.45, 2.75) is 13.1 Å². The molecule has 0 spiro atoms. The molecule has 2 aromatic rings. The molecule has 90 valence electrons. The molecule has 1 aromatic carbocycles. The SMILES string of the molecule is CN(Cc1ccoc1)Cc1c(N)cccc1Br. The van der Waals surface area contributed by atoms with Crippen LogP contribution in [0.5, 0.6) is 0 Å². The Morgan fingerprint density at radius 1 is 1.29 bits per heavy atom. The monoisotopic (exact) mass is 294 g/mol. The summed E-state index contributed by atoms with van der Waals surface area (Å²) in [5.74, 6) is 0. The minimum Gasteiger partial charge on any atom is -0.472 e. The van der Waals surface area contributed by atoms with Crippen molar-refractivity contribution >= 4 is 21.6 Å². The summed E-state index contributed by atoms with van der Waals surface area (Å²) in [5.41, 5.74) is 9.07. The van der Waals surface area contributed by atoms with Crippen molar-refractivity contribution in [1.29, 1.82) is 0 Å². The second-order valence-electron chi connectivity index (χ2n) is 4.11. The summed E-state index contributed by atoms with van der Waals surface area (Å²) in [6.07, 6.45) is 3.45. The van der Waals surface area contributed by atoms with Crippen LogP contribution in [0.1, 0.15) is 11.1 Å². The van der Waals surface area contributed by atoms with Crippen LogP contribution in [0.15, 0.2) is 45.7 Å². The number of benzene rings is 1. The van der Waals surface area contributed by atoms with Crippen LogP contribution in [0, 0.1) is 0 Å². The molecule has 0 amide bonds. The van der Waals surface area contributed by atoms with Crippen molar-refractivity contribution in [1.82, 2.24) is 4.90 Å². The topological polar surface area (TPSA) is 42.4 Å². The summed E-state index contributed by atoms with van der Waals surface area (Å²) in [6.45, 7) is 1.65. The Balaban J connectivity index is 2.05. The fourth-order valence-corrected chi connectivity index (χ4v) is 2.27. The second kappa shape index (κ2) is 5.38. The van der Waals surface area contributed by atoms with Crippen LogP contribution >= 0.6 is 15.9 Å². The van der Waals surface area contributed by atoms with Gasteiger partial charge >= 0.3 is 0 Å². The number of anilines is 1. The van der Waals surface area contributed by atoms with Crippen molar-refractivity contribution in [3.8, 4) is 0 Å². The molecule has 0 unspecified atom stereocenters. The minimum atomic E-state index is 0.804. The molecule has 0 aliphatic rings. The number of hydrogen-bond donors (Lipinski definition) is 1. The van der Waals surface area contributed by atoms with Crippen LogP contribution in [-0.2, 0) is 13.1 Å². The van der Waals surface area contributed by atoms with Gasteiger partial charge in [-0.15, -0.1) is 0 Å². The van der Waals surface area contributed by atoms with Crippen LogP contribution in [-0.4, -0.2) is 11.9 Å². The molecule has 0 atom stereocenters. The molecule has 2 N–H and O–H groups in total. The summed E-state index contributed by atoms with van der Waals surface area (Å²) in [6, 6.07) is 7.85. The summed E-state index contributed by atoms with van der Waals surface area (Å²) in [4.78, 5) is 2.20. The smallest absolute Gasteiger partial charge is 0.0947 e. The van der Waals surface area contributed by atoms with Crippen LogP contribution in [0.3, 0.4) is 0 Å². The van der Waals surface area contributed by atoms with Gasteiger partial charge in [0.25, 0.3) is 0 Å². The van der Waals surface area contributed by atoms with E-state index in [2.05, 4.69) is 27.9 Å². The number of nitrogen functional groups attached to an aromatic ring is 1. The van der Waals surface area contributed by atoms with Gasteiger partial charge in [-0.1, -0.05) is 22.0 Å². The molecular formula is C13H15BrN2O. The van der Waals surface area contributed by atoms with Crippen molar-refractivity contribution in [2.24, 2.45) is 0 Å². The lowest BCUT2D eigenvalue weighted by Gasteiger charge is -2.18. The van der Waals surface area contributed by atoms with E-state index in [1.807, 2.05) is 24.3 Å². The predicted octanol–water partition coefficient (Wildman–Crippen LogP) is 3.26. The molecule has 0 bridgehead atoms. The van der Waals surface area contributed by atoms with Crippen LogP contribution < -0.4 is 5.73 Å². The highest BCUT2D eigenvalue weighted by Crippen LogP contribution is 2.24. The highest BCUT2D eigenvalue weighted by atomic mass is 79.9. The number of nitrogens with zero attached hydrogens (tertiary/aromatic N) is 1. The fraction of sp³-hybridized carbons (Fsp3) is 0.231. The molecule has 0 aliphatic heterocycles. The summed E-state index contributed by atoms with van der Waals surface area (Å²) < 4.78 is 6.10. The lowest BCUT2D eigenvalue weighted by Crippen LogP contribution is -2.18. The van der Waals surface area contributed by atoms with Crippen molar-refractivity contribution in [3.63, 3.8) is 0 Å². The van der Waals surface area contributed by atoms with Gasteiger partial charge in [-0.2, -0.15) is 0 Å². The average Bonchev–Trinajstić information content (AvgIpc) is 2.76. The third-order valence-electron chi connectivity index (χ3n) is 2.62. The first-order valence-corrected chi connectivity index (χ1v) is 6.18. The molecule has 0 fully saturated rings. The van der Waals surface area contributed by atoms with E-state index in [9.17, 15) is 0 Å². The molecule has 3 nitrogen and oxygen atoms in total. The Kier molecular flexibility index (Phi) is 3.86. The third-order valence-corrected chi connectivity index (χ3v) is 3.36. The number of furan rings is 1. The Hall–Kier alpha value is -1.26. The van der Waals surface area contributed by atoms with Gasteiger partial charge in [0.15, 0.2) is 0 Å². The predicted molar refractivity (Wildman–Crippen MR) is 72.4 cm³/mol. The molecule has 0 aliphatic carbocycles. The van der Waals surface area contributed by atoms with E-state index in [0.717, 1.165) is 34.4 Å². The first kappa shape index (κ1) is 12.2. The highest BCUT2D eigenvalue weighted by Gasteiger charge is 2.08. The number of halogens is 1. The Bertz CT molecular complexity index is 462. The van der Waals surface area contributed by atoms with Crippen LogP contribution in [0.25, 0.3) is 0 Å². The zero-order valence-corrected chi connectivity index (χ0v) is 11.3. The van der Waals surface area contributed by atoms with Crippen molar-refractivity contribution in [2.75, 3.05) is 12.8 Å². The van der Waals surface area contributed by atoms with Gasteiger partial charge < -0.3 is 10.2 Å². The molecule has 4 heteroatoms. The first-order valence-electron chi connectivity index (χ1n) is 5.39. The first-order chi connectivity index (χ1) is 8.16.